The first-order chi connectivity index (χ1) is 19.6. The standard InChI is InChI=1S/C25H32O6.C7H18O2Si/c1-3-22(26)29-13-25(4-2,14-30-23(27)20-11-16-5-7-18(20)9-16)15-31-24(28)21-12-17-6-8-19(21)10-17;1-5-6-7-10(4,8-2)9-3/h3,5-8,16-21H,1,4,9-15H2,2H3;5-7H2,1-4H3. The molecular weight excluding hydrogens is 540 g/mol. The molecule has 0 saturated heterocycles. The van der Waals surface area contributed by atoms with Crippen LogP contribution in [0.4, 0.5) is 0 Å². The number of rotatable bonds is 15. The second-order valence-electron chi connectivity index (χ2n) is 12.3. The Labute approximate surface area is 247 Å². The minimum Gasteiger partial charge on any atom is -0.465 e. The van der Waals surface area contributed by atoms with Gasteiger partial charge in [0.05, 0.1) is 17.3 Å². The number of hydrogen-bond donors (Lipinski definition) is 0. The van der Waals surface area contributed by atoms with Crippen LogP contribution in [0.3, 0.4) is 0 Å². The Morgan fingerprint density at radius 2 is 1.32 bits per heavy atom. The third-order valence-electron chi connectivity index (χ3n) is 9.49. The molecule has 230 valence electrons. The molecule has 4 aliphatic carbocycles. The van der Waals surface area contributed by atoms with E-state index in [2.05, 4.69) is 44.4 Å². The van der Waals surface area contributed by atoms with Gasteiger partial charge in [0.15, 0.2) is 0 Å². The van der Waals surface area contributed by atoms with Crippen molar-refractivity contribution in [3.63, 3.8) is 0 Å². The van der Waals surface area contributed by atoms with Gasteiger partial charge in [-0.1, -0.05) is 57.6 Å². The van der Waals surface area contributed by atoms with Crippen LogP contribution in [0.15, 0.2) is 37.0 Å². The zero-order valence-corrected chi connectivity index (χ0v) is 26.6. The molecular formula is C32H50O8Si. The number of unbranched alkanes of at least 4 members (excludes halogenated alkanes) is 1. The molecule has 0 N–H and O–H groups in total. The van der Waals surface area contributed by atoms with Crippen LogP contribution in [0.5, 0.6) is 0 Å². The molecule has 0 aromatic rings. The fraction of sp³-hybridized carbons (Fsp3) is 0.719. The molecule has 4 aliphatic rings. The highest BCUT2D eigenvalue weighted by Crippen LogP contribution is 2.45. The Hall–Kier alpha value is -2.23. The van der Waals surface area contributed by atoms with E-state index in [1.165, 1.54) is 12.8 Å². The van der Waals surface area contributed by atoms with Crippen molar-refractivity contribution in [3.8, 4) is 0 Å². The van der Waals surface area contributed by atoms with Gasteiger partial charge in [0.25, 0.3) is 0 Å². The van der Waals surface area contributed by atoms with Crippen molar-refractivity contribution in [1.29, 1.82) is 0 Å². The Kier molecular flexibility index (Phi) is 12.4. The first-order valence-corrected chi connectivity index (χ1v) is 17.7. The lowest BCUT2D eigenvalue weighted by atomic mass is 9.87. The van der Waals surface area contributed by atoms with Crippen molar-refractivity contribution in [3.05, 3.63) is 37.0 Å². The predicted molar refractivity (Wildman–Crippen MR) is 159 cm³/mol. The second kappa shape index (κ2) is 15.3. The summed E-state index contributed by atoms with van der Waals surface area (Å²) < 4.78 is 27.3. The fourth-order valence-electron chi connectivity index (χ4n) is 6.27. The van der Waals surface area contributed by atoms with Crippen LogP contribution in [0.1, 0.15) is 58.8 Å². The van der Waals surface area contributed by atoms with E-state index in [1.54, 1.807) is 14.2 Å². The van der Waals surface area contributed by atoms with Crippen molar-refractivity contribution < 1.29 is 37.4 Å². The van der Waals surface area contributed by atoms with Crippen LogP contribution in [0.25, 0.3) is 0 Å². The van der Waals surface area contributed by atoms with E-state index >= 15 is 0 Å². The van der Waals surface area contributed by atoms with E-state index in [9.17, 15) is 14.4 Å². The van der Waals surface area contributed by atoms with Crippen molar-refractivity contribution in [1.82, 2.24) is 0 Å². The summed E-state index contributed by atoms with van der Waals surface area (Å²) in [4.78, 5) is 37.1. The van der Waals surface area contributed by atoms with Crippen LogP contribution in [0, 0.1) is 40.9 Å². The summed E-state index contributed by atoms with van der Waals surface area (Å²) in [5, 5.41) is 0. The van der Waals surface area contributed by atoms with Crippen molar-refractivity contribution in [2.75, 3.05) is 34.0 Å². The highest BCUT2D eigenvalue weighted by molar-refractivity contribution is 6.65. The van der Waals surface area contributed by atoms with Crippen molar-refractivity contribution >= 4 is 26.5 Å². The molecule has 6 unspecified atom stereocenters. The van der Waals surface area contributed by atoms with Gasteiger partial charge in [0.2, 0.25) is 0 Å². The number of carbonyl (C=O) groups is 3. The first kappa shape index (κ1) is 33.3. The van der Waals surface area contributed by atoms with Gasteiger partial charge in [-0.2, -0.15) is 0 Å². The lowest BCUT2D eigenvalue weighted by molar-refractivity contribution is -0.165. The van der Waals surface area contributed by atoms with Crippen LogP contribution in [0.2, 0.25) is 12.6 Å². The monoisotopic (exact) mass is 590 g/mol. The number of ether oxygens (including phenoxy) is 3. The molecule has 2 fully saturated rings. The third-order valence-corrected chi connectivity index (χ3v) is 12.5. The molecule has 0 aliphatic heterocycles. The number of carbonyl (C=O) groups excluding carboxylic acids is 3. The summed E-state index contributed by atoms with van der Waals surface area (Å²) in [6, 6.07) is 1.11. The molecule has 9 heteroatoms. The average Bonchev–Trinajstić information content (AvgIpc) is 3.82. The summed E-state index contributed by atoms with van der Waals surface area (Å²) >= 11 is 0. The molecule has 6 atom stereocenters. The molecule has 0 radical (unpaired) electrons. The van der Waals surface area contributed by atoms with E-state index < -0.39 is 19.9 Å². The summed E-state index contributed by atoms with van der Waals surface area (Å²) in [5.74, 6) is 0.280. The van der Waals surface area contributed by atoms with Gasteiger partial charge in [-0.05, 0) is 68.4 Å². The van der Waals surface area contributed by atoms with Gasteiger partial charge in [-0.25, -0.2) is 4.79 Å². The highest BCUT2D eigenvalue weighted by atomic mass is 28.4. The second-order valence-corrected chi connectivity index (χ2v) is 15.9. The maximum Gasteiger partial charge on any atom is 0.334 e. The quantitative estimate of drug-likeness (QED) is 0.0779. The largest absolute Gasteiger partial charge is 0.465 e. The molecule has 0 aromatic carbocycles. The molecule has 0 heterocycles. The molecule has 0 spiro atoms. The smallest absolute Gasteiger partial charge is 0.334 e. The van der Waals surface area contributed by atoms with Gasteiger partial charge in [0, 0.05) is 20.3 Å². The van der Waals surface area contributed by atoms with Crippen LogP contribution >= 0.6 is 0 Å². The number of fused-ring (bicyclic) bond motifs is 4. The van der Waals surface area contributed by atoms with Gasteiger partial charge in [0.1, 0.15) is 19.8 Å². The summed E-state index contributed by atoms with van der Waals surface area (Å²) in [6.07, 6.45) is 16.4. The van der Waals surface area contributed by atoms with Crippen molar-refractivity contribution in [2.24, 2.45) is 40.9 Å². The fourth-order valence-corrected chi connectivity index (χ4v) is 7.84. The zero-order chi connectivity index (χ0) is 30.0. The zero-order valence-electron chi connectivity index (χ0n) is 25.6. The topological polar surface area (TPSA) is 97.4 Å². The average molecular weight is 591 g/mol. The molecule has 41 heavy (non-hydrogen) atoms. The first-order valence-electron chi connectivity index (χ1n) is 15.2. The maximum atomic E-state index is 12.7. The van der Waals surface area contributed by atoms with Crippen molar-refractivity contribution in [2.45, 2.75) is 71.4 Å². The lowest BCUT2D eigenvalue weighted by Crippen LogP contribution is -2.40. The van der Waals surface area contributed by atoms with E-state index in [1.807, 2.05) is 6.92 Å². The summed E-state index contributed by atoms with van der Waals surface area (Å²) in [5.41, 5.74) is -0.773. The van der Waals surface area contributed by atoms with Gasteiger partial charge < -0.3 is 23.1 Å². The Balaban J connectivity index is 0.000000397. The predicted octanol–water partition coefficient (Wildman–Crippen LogP) is 5.77. The molecule has 0 aromatic heterocycles. The van der Waals surface area contributed by atoms with E-state index in [-0.39, 0.29) is 55.4 Å². The minimum atomic E-state index is -1.72. The molecule has 2 saturated carbocycles. The number of hydrogen-bond acceptors (Lipinski definition) is 8. The lowest BCUT2D eigenvalue weighted by Gasteiger charge is -2.32. The van der Waals surface area contributed by atoms with Crippen LogP contribution < -0.4 is 0 Å². The molecule has 0 amide bonds. The van der Waals surface area contributed by atoms with Gasteiger partial charge in [-0.3, -0.25) is 9.59 Å². The Morgan fingerprint density at radius 3 is 1.66 bits per heavy atom. The minimum absolute atomic E-state index is 0.00214. The SMILES string of the molecule is C=CC(=O)OCC(CC)(COC(=O)C1CC2C=CC1C2)COC(=O)C1CC2C=CC1C2.CCCC[Si](C)(OC)OC. The Morgan fingerprint density at radius 1 is 0.829 bits per heavy atom. The van der Waals surface area contributed by atoms with E-state index in [4.69, 9.17) is 23.1 Å². The summed E-state index contributed by atoms with van der Waals surface area (Å²) in [6.45, 7) is 9.73. The number of esters is 3. The molecule has 4 rings (SSSR count). The van der Waals surface area contributed by atoms with E-state index in [0.717, 1.165) is 37.8 Å². The summed E-state index contributed by atoms with van der Waals surface area (Å²) in [7, 11) is 1.76. The molecule has 4 bridgehead atoms. The van der Waals surface area contributed by atoms with E-state index in [0.29, 0.717) is 18.3 Å². The normalized spacial score (nSPS) is 28.5. The maximum absolute atomic E-state index is 12.7. The molecule has 8 nitrogen and oxygen atoms in total. The highest BCUT2D eigenvalue weighted by Gasteiger charge is 2.44. The number of allylic oxidation sites excluding steroid dienone is 4. The Bertz CT molecular complexity index is 921. The van der Waals surface area contributed by atoms with Crippen LogP contribution in [-0.4, -0.2) is 60.5 Å². The van der Waals surface area contributed by atoms with Gasteiger partial charge in [-0.15, -0.1) is 0 Å². The van der Waals surface area contributed by atoms with Gasteiger partial charge >= 0.3 is 26.5 Å². The third kappa shape index (κ3) is 8.88. The van der Waals surface area contributed by atoms with Crippen LogP contribution in [-0.2, 0) is 37.4 Å².